The number of rotatable bonds is 5. The van der Waals surface area contributed by atoms with Gasteiger partial charge in [-0.1, -0.05) is 51.0 Å². The Morgan fingerprint density at radius 2 is 2.05 bits per heavy atom. The molecule has 0 spiro atoms. The van der Waals surface area contributed by atoms with Crippen LogP contribution in [0.5, 0.6) is 0 Å². The van der Waals surface area contributed by atoms with Crippen LogP contribution in [0.2, 0.25) is 0 Å². The second kappa shape index (κ2) is 6.20. The molecule has 3 heteroatoms. The summed E-state index contributed by atoms with van der Waals surface area (Å²) < 4.78 is 0. The van der Waals surface area contributed by atoms with Crippen molar-refractivity contribution in [1.29, 1.82) is 0 Å². The summed E-state index contributed by atoms with van der Waals surface area (Å²) in [5.41, 5.74) is 2.17. The van der Waals surface area contributed by atoms with Crippen molar-refractivity contribution in [1.82, 2.24) is 4.90 Å². The van der Waals surface area contributed by atoms with Gasteiger partial charge in [0, 0.05) is 19.6 Å². The molecule has 2 rings (SSSR count). The molecule has 0 saturated heterocycles. The number of carboxylic acids is 1. The predicted octanol–water partition coefficient (Wildman–Crippen LogP) is 3.11. The van der Waals surface area contributed by atoms with Gasteiger partial charge >= 0.3 is 5.97 Å². The van der Waals surface area contributed by atoms with E-state index in [1.165, 1.54) is 5.56 Å². The topological polar surface area (TPSA) is 40.5 Å². The molecule has 1 aliphatic rings. The lowest BCUT2D eigenvalue weighted by Gasteiger charge is -2.34. The van der Waals surface area contributed by atoms with E-state index in [1.54, 1.807) is 0 Å². The van der Waals surface area contributed by atoms with Crippen molar-refractivity contribution in [2.24, 2.45) is 5.92 Å². The lowest BCUT2D eigenvalue weighted by molar-refractivity contribution is -0.139. The number of carboxylic acid groups (broad SMARTS) is 1. The van der Waals surface area contributed by atoms with Crippen molar-refractivity contribution in [3.05, 3.63) is 35.4 Å². The van der Waals surface area contributed by atoms with E-state index in [4.69, 9.17) is 0 Å². The van der Waals surface area contributed by atoms with Crippen molar-refractivity contribution in [2.75, 3.05) is 13.1 Å². The summed E-state index contributed by atoms with van der Waals surface area (Å²) in [6.45, 7) is 6.95. The first-order chi connectivity index (χ1) is 9.15. The van der Waals surface area contributed by atoms with Gasteiger partial charge in [0.25, 0.3) is 0 Å². The third kappa shape index (κ3) is 3.16. The molecule has 1 aliphatic heterocycles. The van der Waals surface area contributed by atoms with Crippen LogP contribution in [0.25, 0.3) is 0 Å². The number of hydrogen-bond acceptors (Lipinski definition) is 2. The van der Waals surface area contributed by atoms with Crippen LogP contribution in [-0.4, -0.2) is 29.1 Å². The molecule has 1 heterocycles. The van der Waals surface area contributed by atoms with Gasteiger partial charge < -0.3 is 5.11 Å². The summed E-state index contributed by atoms with van der Waals surface area (Å²) in [5, 5.41) is 9.42. The Morgan fingerprint density at radius 3 is 2.68 bits per heavy atom. The van der Waals surface area contributed by atoms with Gasteiger partial charge in [-0.05, 0) is 17.0 Å². The first-order valence-electron chi connectivity index (χ1n) is 7.18. The van der Waals surface area contributed by atoms with Crippen molar-refractivity contribution < 1.29 is 9.90 Å². The van der Waals surface area contributed by atoms with Gasteiger partial charge in [-0.2, -0.15) is 0 Å². The van der Waals surface area contributed by atoms with Crippen LogP contribution in [0.3, 0.4) is 0 Å². The first-order valence-corrected chi connectivity index (χ1v) is 7.18. The monoisotopic (exact) mass is 261 g/mol. The molecule has 1 aromatic rings. The SMILES string of the molecule is CCC(CC)CN1Cc2ccccc2C(C(=O)O)C1. The van der Waals surface area contributed by atoms with Crippen LogP contribution in [-0.2, 0) is 11.3 Å². The molecule has 1 atom stereocenters. The van der Waals surface area contributed by atoms with E-state index >= 15 is 0 Å². The summed E-state index contributed by atoms with van der Waals surface area (Å²) in [7, 11) is 0. The standard InChI is InChI=1S/C16H23NO2/c1-3-12(4-2)9-17-10-13-7-5-6-8-14(13)15(11-17)16(18)19/h5-8,12,15H,3-4,9-11H2,1-2H3,(H,18,19). The second-order valence-electron chi connectivity index (χ2n) is 5.47. The van der Waals surface area contributed by atoms with Crippen LogP contribution < -0.4 is 0 Å². The first kappa shape index (κ1) is 14.1. The zero-order valence-electron chi connectivity index (χ0n) is 11.8. The number of hydrogen-bond donors (Lipinski definition) is 1. The molecule has 19 heavy (non-hydrogen) atoms. The van der Waals surface area contributed by atoms with E-state index in [0.717, 1.165) is 31.5 Å². The predicted molar refractivity (Wildman–Crippen MR) is 76.2 cm³/mol. The second-order valence-corrected chi connectivity index (χ2v) is 5.47. The fourth-order valence-corrected chi connectivity index (χ4v) is 2.94. The highest BCUT2D eigenvalue weighted by atomic mass is 16.4. The lowest BCUT2D eigenvalue weighted by Crippen LogP contribution is -2.39. The average Bonchev–Trinajstić information content (AvgIpc) is 2.43. The molecular weight excluding hydrogens is 238 g/mol. The van der Waals surface area contributed by atoms with Crippen molar-refractivity contribution in [3.63, 3.8) is 0 Å². The molecule has 0 amide bonds. The highest BCUT2D eigenvalue weighted by molar-refractivity contribution is 5.77. The third-order valence-corrected chi connectivity index (χ3v) is 4.23. The van der Waals surface area contributed by atoms with E-state index in [1.807, 2.05) is 18.2 Å². The van der Waals surface area contributed by atoms with Crippen molar-refractivity contribution in [3.8, 4) is 0 Å². The van der Waals surface area contributed by atoms with E-state index in [0.29, 0.717) is 12.5 Å². The smallest absolute Gasteiger partial charge is 0.312 e. The number of benzene rings is 1. The van der Waals surface area contributed by atoms with Gasteiger partial charge in [-0.25, -0.2) is 0 Å². The highest BCUT2D eigenvalue weighted by Gasteiger charge is 2.30. The maximum Gasteiger partial charge on any atom is 0.312 e. The van der Waals surface area contributed by atoms with E-state index in [9.17, 15) is 9.90 Å². The summed E-state index contributed by atoms with van der Waals surface area (Å²) in [6, 6.07) is 7.95. The molecule has 1 N–H and O–H groups in total. The van der Waals surface area contributed by atoms with Crippen LogP contribution in [0.4, 0.5) is 0 Å². The summed E-state index contributed by atoms with van der Waals surface area (Å²) >= 11 is 0. The number of carbonyl (C=O) groups is 1. The summed E-state index contributed by atoms with van der Waals surface area (Å²) in [5.74, 6) is -0.416. The molecule has 0 saturated carbocycles. The number of fused-ring (bicyclic) bond motifs is 1. The van der Waals surface area contributed by atoms with Gasteiger partial charge in [0.2, 0.25) is 0 Å². The van der Waals surface area contributed by atoms with E-state index in [2.05, 4.69) is 24.8 Å². The zero-order chi connectivity index (χ0) is 13.8. The minimum absolute atomic E-state index is 0.376. The molecule has 3 nitrogen and oxygen atoms in total. The molecule has 0 aliphatic carbocycles. The van der Waals surface area contributed by atoms with Gasteiger partial charge in [0.15, 0.2) is 0 Å². The fourth-order valence-electron chi connectivity index (χ4n) is 2.94. The lowest BCUT2D eigenvalue weighted by atomic mass is 9.89. The summed E-state index contributed by atoms with van der Waals surface area (Å²) in [6.07, 6.45) is 2.32. The van der Waals surface area contributed by atoms with Crippen molar-refractivity contribution >= 4 is 5.97 Å². The Bertz CT molecular complexity index is 440. The Labute approximate surface area is 115 Å². The van der Waals surface area contributed by atoms with Gasteiger partial charge in [0.05, 0.1) is 5.92 Å². The quantitative estimate of drug-likeness (QED) is 0.885. The van der Waals surface area contributed by atoms with Crippen LogP contribution in [0.1, 0.15) is 43.7 Å². The zero-order valence-corrected chi connectivity index (χ0v) is 11.8. The maximum atomic E-state index is 11.5. The molecule has 104 valence electrons. The highest BCUT2D eigenvalue weighted by Crippen LogP contribution is 2.29. The average molecular weight is 261 g/mol. The van der Waals surface area contributed by atoms with E-state index in [-0.39, 0.29) is 5.92 Å². The Morgan fingerprint density at radius 1 is 1.37 bits per heavy atom. The van der Waals surface area contributed by atoms with Crippen LogP contribution in [0, 0.1) is 5.92 Å². The van der Waals surface area contributed by atoms with Crippen molar-refractivity contribution in [2.45, 2.75) is 39.2 Å². The van der Waals surface area contributed by atoms with E-state index < -0.39 is 5.97 Å². The molecule has 1 unspecified atom stereocenters. The van der Waals surface area contributed by atoms with Gasteiger partial charge in [-0.3, -0.25) is 9.69 Å². The molecule has 0 bridgehead atoms. The minimum Gasteiger partial charge on any atom is -0.481 e. The minimum atomic E-state index is -0.707. The largest absolute Gasteiger partial charge is 0.481 e. The van der Waals surface area contributed by atoms with Gasteiger partial charge in [0.1, 0.15) is 0 Å². The third-order valence-electron chi connectivity index (χ3n) is 4.23. The van der Waals surface area contributed by atoms with Crippen LogP contribution in [0.15, 0.2) is 24.3 Å². The molecule has 1 aromatic carbocycles. The molecule has 0 radical (unpaired) electrons. The normalized spacial score (nSPS) is 19.4. The number of nitrogens with zero attached hydrogens (tertiary/aromatic N) is 1. The molecular formula is C16H23NO2. The summed E-state index contributed by atoms with van der Waals surface area (Å²) in [4.78, 5) is 13.8. The molecule has 0 fully saturated rings. The number of aliphatic carboxylic acids is 1. The maximum absolute atomic E-state index is 11.5. The molecule has 0 aromatic heterocycles. The fraction of sp³-hybridized carbons (Fsp3) is 0.562. The van der Waals surface area contributed by atoms with Gasteiger partial charge in [-0.15, -0.1) is 0 Å². The Hall–Kier alpha value is -1.35. The Balaban J connectivity index is 2.18. The Kier molecular flexibility index (Phi) is 4.59. The van der Waals surface area contributed by atoms with Crippen LogP contribution >= 0.6 is 0 Å².